The van der Waals surface area contributed by atoms with Crippen LogP contribution in [0.1, 0.15) is 41.5 Å². The van der Waals surface area contributed by atoms with Gasteiger partial charge in [0.1, 0.15) is 0 Å². The maximum absolute atomic E-state index is 11.7. The van der Waals surface area contributed by atoms with Crippen molar-refractivity contribution in [3.8, 4) is 0 Å². The van der Waals surface area contributed by atoms with Crippen LogP contribution in [0.5, 0.6) is 0 Å². The van der Waals surface area contributed by atoms with Crippen LogP contribution < -0.4 is 5.73 Å². The molecule has 0 bridgehead atoms. The highest BCUT2D eigenvalue weighted by Gasteiger charge is 2.18. The van der Waals surface area contributed by atoms with Crippen LogP contribution in [0.15, 0.2) is 84.9 Å². The first-order valence-electron chi connectivity index (χ1n) is 9.70. The van der Waals surface area contributed by atoms with Crippen LogP contribution in [0.3, 0.4) is 0 Å². The van der Waals surface area contributed by atoms with Gasteiger partial charge in [0.15, 0.2) is 0 Å². The summed E-state index contributed by atoms with van der Waals surface area (Å²) in [5, 5.41) is 0. The van der Waals surface area contributed by atoms with Crippen molar-refractivity contribution in [1.29, 1.82) is 0 Å². The van der Waals surface area contributed by atoms with Crippen molar-refractivity contribution in [2.24, 2.45) is 0 Å². The Labute approximate surface area is 173 Å². The third kappa shape index (κ3) is 7.30. The largest absolute Gasteiger partial charge is 0.469 e. The minimum absolute atomic E-state index is 0.0175. The molecule has 0 heterocycles. The second kappa shape index (κ2) is 11.5. The lowest BCUT2D eigenvalue weighted by molar-refractivity contribution is -0.140. The Morgan fingerprint density at radius 3 is 2.24 bits per heavy atom. The molecule has 3 rings (SSSR count). The van der Waals surface area contributed by atoms with Gasteiger partial charge in [-0.3, -0.25) is 4.79 Å². The summed E-state index contributed by atoms with van der Waals surface area (Å²) in [4.78, 5) is 11.7. The van der Waals surface area contributed by atoms with E-state index in [0.717, 1.165) is 22.4 Å². The van der Waals surface area contributed by atoms with Crippen LogP contribution >= 0.6 is 0 Å². The lowest BCUT2D eigenvalue weighted by atomic mass is 9.88. The highest BCUT2D eigenvalue weighted by molar-refractivity contribution is 5.71. The number of nitrogen functional groups attached to an aromatic ring is 1. The summed E-state index contributed by atoms with van der Waals surface area (Å²) in [5.41, 5.74) is 10.9. The molecule has 3 aromatic carbocycles. The summed E-state index contributed by atoms with van der Waals surface area (Å²) in [6.07, 6.45) is 4.42. The predicted molar refractivity (Wildman–Crippen MR) is 122 cm³/mol. The third-order valence-corrected chi connectivity index (χ3v) is 4.51. The highest BCUT2D eigenvalue weighted by Crippen LogP contribution is 2.29. The Hall–Kier alpha value is -3.33. The number of rotatable bonds is 5. The van der Waals surface area contributed by atoms with Gasteiger partial charge < -0.3 is 10.5 Å². The number of esters is 1. The Morgan fingerprint density at radius 2 is 1.66 bits per heavy atom. The normalized spacial score (nSPS) is 11.4. The smallest absolute Gasteiger partial charge is 0.306 e. The van der Waals surface area contributed by atoms with Crippen molar-refractivity contribution in [2.75, 3.05) is 12.8 Å². The Balaban J connectivity index is 0.000000313. The van der Waals surface area contributed by atoms with Gasteiger partial charge in [0.25, 0.3) is 0 Å². The molecular formula is C26H29NO2. The van der Waals surface area contributed by atoms with Gasteiger partial charge in [0.05, 0.1) is 13.5 Å². The van der Waals surface area contributed by atoms with Crippen LogP contribution in [-0.4, -0.2) is 13.1 Å². The molecule has 0 aromatic heterocycles. The lowest BCUT2D eigenvalue weighted by Gasteiger charge is -2.17. The monoisotopic (exact) mass is 387 g/mol. The molecule has 150 valence electrons. The van der Waals surface area contributed by atoms with Crippen molar-refractivity contribution in [3.05, 3.63) is 107 Å². The second-order valence-corrected chi connectivity index (χ2v) is 6.83. The van der Waals surface area contributed by atoms with E-state index in [4.69, 9.17) is 10.5 Å². The quantitative estimate of drug-likeness (QED) is 0.432. The molecule has 1 unspecified atom stereocenters. The standard InChI is InChI=1S/C19H20O2.C7H9N/c1-3-8-15-9-7-12-17(13-15)18(14-19(20)21-2)16-10-5-4-6-11-16;1-6-3-2-4-7(8)5-6/h3-13,18H,14H2,1-2H3;2-5H,8H2,1H3/b8-3-;. The van der Waals surface area contributed by atoms with E-state index < -0.39 is 0 Å². The molecule has 3 aromatic rings. The SMILES string of the molecule is C/C=C\c1cccc(C(CC(=O)OC)c2ccccc2)c1.Cc1cccc(N)c1. The number of methoxy groups -OCH3 is 1. The summed E-state index contributed by atoms with van der Waals surface area (Å²) >= 11 is 0. The van der Waals surface area contributed by atoms with E-state index in [0.29, 0.717) is 6.42 Å². The first-order valence-corrected chi connectivity index (χ1v) is 9.70. The summed E-state index contributed by atoms with van der Waals surface area (Å²) in [5.74, 6) is -0.177. The molecule has 0 saturated carbocycles. The summed E-state index contributed by atoms with van der Waals surface area (Å²) < 4.78 is 4.85. The van der Waals surface area contributed by atoms with E-state index in [1.54, 1.807) is 0 Å². The van der Waals surface area contributed by atoms with Gasteiger partial charge >= 0.3 is 5.97 Å². The number of allylic oxidation sites excluding steroid dienone is 1. The molecule has 3 heteroatoms. The molecule has 0 saturated heterocycles. The van der Waals surface area contributed by atoms with E-state index in [-0.39, 0.29) is 11.9 Å². The fraction of sp³-hybridized carbons (Fsp3) is 0.192. The van der Waals surface area contributed by atoms with Gasteiger partial charge in [-0.15, -0.1) is 0 Å². The third-order valence-electron chi connectivity index (χ3n) is 4.51. The molecule has 0 aliphatic rings. The number of carbonyl (C=O) groups is 1. The molecular weight excluding hydrogens is 358 g/mol. The fourth-order valence-corrected chi connectivity index (χ4v) is 3.11. The van der Waals surface area contributed by atoms with E-state index in [1.165, 1.54) is 12.7 Å². The maximum atomic E-state index is 11.7. The number of nitrogens with two attached hydrogens (primary N) is 1. The van der Waals surface area contributed by atoms with Gasteiger partial charge in [-0.05, 0) is 48.2 Å². The molecule has 0 fully saturated rings. The van der Waals surface area contributed by atoms with Gasteiger partial charge in [-0.25, -0.2) is 0 Å². The first kappa shape index (κ1) is 22.0. The summed E-state index contributed by atoms with van der Waals surface area (Å²) in [7, 11) is 1.43. The fourth-order valence-electron chi connectivity index (χ4n) is 3.11. The molecule has 2 N–H and O–H groups in total. The van der Waals surface area contributed by atoms with Crippen LogP contribution in [0, 0.1) is 6.92 Å². The number of benzene rings is 3. The lowest BCUT2D eigenvalue weighted by Crippen LogP contribution is -2.10. The predicted octanol–water partition coefficient (Wildman–Crippen LogP) is 5.99. The molecule has 0 radical (unpaired) electrons. The maximum Gasteiger partial charge on any atom is 0.306 e. The van der Waals surface area contributed by atoms with E-state index >= 15 is 0 Å². The van der Waals surface area contributed by atoms with E-state index in [2.05, 4.69) is 36.4 Å². The van der Waals surface area contributed by atoms with Crippen LogP contribution in [-0.2, 0) is 9.53 Å². The molecule has 0 spiro atoms. The van der Waals surface area contributed by atoms with Crippen LogP contribution in [0.25, 0.3) is 6.08 Å². The molecule has 0 aliphatic heterocycles. The topological polar surface area (TPSA) is 52.3 Å². The van der Waals surface area contributed by atoms with Crippen molar-refractivity contribution in [1.82, 2.24) is 0 Å². The number of anilines is 1. The highest BCUT2D eigenvalue weighted by atomic mass is 16.5. The first-order chi connectivity index (χ1) is 14.0. The Bertz CT molecular complexity index is 915. The number of hydrogen-bond acceptors (Lipinski definition) is 3. The molecule has 3 nitrogen and oxygen atoms in total. The second-order valence-electron chi connectivity index (χ2n) is 6.83. The van der Waals surface area contributed by atoms with Gasteiger partial charge in [-0.1, -0.05) is 78.9 Å². The zero-order valence-electron chi connectivity index (χ0n) is 17.3. The zero-order valence-corrected chi connectivity index (χ0v) is 17.3. The molecule has 0 aliphatic carbocycles. The van der Waals surface area contributed by atoms with Crippen molar-refractivity contribution >= 4 is 17.7 Å². The molecule has 29 heavy (non-hydrogen) atoms. The molecule has 1 atom stereocenters. The minimum Gasteiger partial charge on any atom is -0.469 e. The number of carbonyl (C=O) groups excluding carboxylic acids is 1. The summed E-state index contributed by atoms with van der Waals surface area (Å²) in [6.45, 7) is 4.02. The van der Waals surface area contributed by atoms with Crippen molar-refractivity contribution in [2.45, 2.75) is 26.2 Å². The van der Waals surface area contributed by atoms with Gasteiger partial charge in [0, 0.05) is 11.6 Å². The van der Waals surface area contributed by atoms with Gasteiger partial charge in [-0.2, -0.15) is 0 Å². The Kier molecular flexibility index (Phi) is 8.71. The minimum atomic E-state index is -0.194. The van der Waals surface area contributed by atoms with Crippen LogP contribution in [0.2, 0.25) is 0 Å². The number of hydrogen-bond donors (Lipinski definition) is 1. The average Bonchev–Trinajstić information content (AvgIpc) is 2.73. The van der Waals surface area contributed by atoms with E-state index in [1.807, 2.05) is 68.5 Å². The van der Waals surface area contributed by atoms with Gasteiger partial charge in [0.2, 0.25) is 0 Å². The van der Waals surface area contributed by atoms with Crippen molar-refractivity contribution < 1.29 is 9.53 Å². The zero-order chi connectivity index (χ0) is 21.1. The molecule has 0 amide bonds. The number of ether oxygens (including phenoxy) is 1. The van der Waals surface area contributed by atoms with Crippen LogP contribution in [0.4, 0.5) is 5.69 Å². The Morgan fingerprint density at radius 1 is 0.966 bits per heavy atom. The summed E-state index contributed by atoms with van der Waals surface area (Å²) in [6, 6.07) is 26.1. The number of aryl methyl sites for hydroxylation is 1. The van der Waals surface area contributed by atoms with E-state index in [9.17, 15) is 4.79 Å². The van der Waals surface area contributed by atoms with Crippen molar-refractivity contribution in [3.63, 3.8) is 0 Å². The average molecular weight is 388 g/mol.